The van der Waals surface area contributed by atoms with E-state index >= 15 is 0 Å². The van der Waals surface area contributed by atoms with E-state index in [1.54, 1.807) is 42.5 Å². The number of carbonyl (C=O) groups excluding carboxylic acids is 2. The molecule has 0 saturated heterocycles. The molecular weight excluding hydrogens is 662 g/mol. The summed E-state index contributed by atoms with van der Waals surface area (Å²) in [4.78, 5) is 29.4. The zero-order valence-corrected chi connectivity index (χ0v) is 27.0. The van der Waals surface area contributed by atoms with Gasteiger partial charge in [-0.1, -0.05) is 57.9 Å². The molecule has 0 aliphatic heterocycles. The summed E-state index contributed by atoms with van der Waals surface area (Å²) < 4.78 is 23.1. The van der Waals surface area contributed by atoms with Crippen LogP contribution in [0.25, 0.3) is 22.0 Å². The fourth-order valence-electron chi connectivity index (χ4n) is 4.70. The van der Waals surface area contributed by atoms with Gasteiger partial charge in [0.1, 0.15) is 5.69 Å². The third-order valence-electron chi connectivity index (χ3n) is 6.66. The largest absolute Gasteiger partial charge is 0.493 e. The van der Waals surface area contributed by atoms with E-state index < -0.39 is 11.9 Å². The molecule has 0 aliphatic rings. The number of methoxy groups -OCH3 is 1. The molecule has 0 saturated carbocycles. The number of hydrogen-bond donors (Lipinski definition) is 2. The molecule has 1 amide bonds. The normalized spacial score (nSPS) is 11.0. The average molecular weight is 691 g/mol. The number of hydrogen-bond acceptors (Lipinski definition) is 7. The Morgan fingerprint density at radius 3 is 2.38 bits per heavy atom. The van der Waals surface area contributed by atoms with Gasteiger partial charge < -0.3 is 23.9 Å². The molecule has 0 fully saturated rings. The Kier molecular flexibility index (Phi) is 10.1. The summed E-state index contributed by atoms with van der Waals surface area (Å²) in [6, 6.07) is 23.0. The molecular formula is C34H29BrClN3O6. The van der Waals surface area contributed by atoms with Crippen molar-refractivity contribution < 1.29 is 28.5 Å². The Bertz CT molecular complexity index is 1890. The predicted molar refractivity (Wildman–Crippen MR) is 178 cm³/mol. The maximum atomic E-state index is 13.3. The summed E-state index contributed by atoms with van der Waals surface area (Å²) in [5.41, 5.74) is 5.98. The van der Waals surface area contributed by atoms with E-state index in [1.165, 1.54) is 13.3 Å². The second kappa shape index (κ2) is 14.3. The zero-order valence-electron chi connectivity index (χ0n) is 24.6. The number of amides is 1. The van der Waals surface area contributed by atoms with Crippen LogP contribution in [0, 0.1) is 0 Å². The van der Waals surface area contributed by atoms with Gasteiger partial charge >= 0.3 is 5.97 Å². The average Bonchev–Trinajstić information content (AvgIpc) is 3.43. The van der Waals surface area contributed by atoms with Gasteiger partial charge in [-0.25, -0.2) is 10.2 Å². The number of aromatic amines is 1. The van der Waals surface area contributed by atoms with Gasteiger partial charge in [0.25, 0.3) is 5.91 Å². The number of ether oxygens (including phenoxy) is 4. The number of esters is 1. The number of carbonyl (C=O) groups is 2. The van der Waals surface area contributed by atoms with Crippen LogP contribution in [0.4, 0.5) is 0 Å². The van der Waals surface area contributed by atoms with Gasteiger partial charge in [0, 0.05) is 15.4 Å². The number of rotatable bonds is 11. The lowest BCUT2D eigenvalue weighted by molar-refractivity contribution is 0.0728. The predicted octanol–water partition coefficient (Wildman–Crippen LogP) is 8.04. The van der Waals surface area contributed by atoms with Crippen molar-refractivity contribution in [2.45, 2.75) is 13.8 Å². The van der Waals surface area contributed by atoms with E-state index in [0.717, 1.165) is 15.4 Å². The fraction of sp³-hybridized carbons (Fsp3) is 0.147. The van der Waals surface area contributed by atoms with Crippen LogP contribution < -0.4 is 24.4 Å². The Morgan fingerprint density at radius 2 is 1.64 bits per heavy atom. The third kappa shape index (κ3) is 7.13. The first-order valence-electron chi connectivity index (χ1n) is 14.0. The lowest BCUT2D eigenvalue weighted by Gasteiger charge is -2.13. The molecule has 9 nitrogen and oxygen atoms in total. The first-order chi connectivity index (χ1) is 21.8. The minimum Gasteiger partial charge on any atom is -0.493 e. The van der Waals surface area contributed by atoms with Crippen LogP contribution >= 0.6 is 27.5 Å². The van der Waals surface area contributed by atoms with Crippen molar-refractivity contribution in [2.24, 2.45) is 5.10 Å². The maximum Gasteiger partial charge on any atom is 0.343 e. The van der Waals surface area contributed by atoms with Crippen molar-refractivity contribution in [3.8, 4) is 34.1 Å². The van der Waals surface area contributed by atoms with Crippen LogP contribution in [-0.4, -0.2) is 43.4 Å². The summed E-state index contributed by atoms with van der Waals surface area (Å²) >= 11 is 9.98. The molecule has 1 aromatic heterocycles. The lowest BCUT2D eigenvalue weighted by Crippen LogP contribution is -2.18. The van der Waals surface area contributed by atoms with E-state index in [9.17, 15) is 9.59 Å². The monoisotopic (exact) mass is 689 g/mol. The molecule has 5 aromatic rings. The Hall–Kier alpha value is -4.80. The SMILES string of the molecule is CCOc1ccc(C(=O)Oc2ccc(C=NNC(=O)c3[nH]c4c(Cl)cc(Br)cc4c3-c3ccccc3)cc2OC)cc1OCC. The van der Waals surface area contributed by atoms with Gasteiger partial charge in [0.2, 0.25) is 0 Å². The van der Waals surface area contributed by atoms with E-state index in [2.05, 4.69) is 31.4 Å². The van der Waals surface area contributed by atoms with Crippen LogP contribution in [-0.2, 0) is 0 Å². The molecule has 45 heavy (non-hydrogen) atoms. The van der Waals surface area contributed by atoms with Crippen LogP contribution in [0.5, 0.6) is 23.0 Å². The molecule has 0 atom stereocenters. The van der Waals surface area contributed by atoms with Crippen molar-refractivity contribution in [3.63, 3.8) is 0 Å². The molecule has 0 bridgehead atoms. The minimum absolute atomic E-state index is 0.212. The van der Waals surface area contributed by atoms with E-state index in [1.807, 2.05) is 50.2 Å². The minimum atomic E-state index is -0.592. The molecule has 230 valence electrons. The van der Waals surface area contributed by atoms with Crippen molar-refractivity contribution in [3.05, 3.63) is 105 Å². The third-order valence-corrected chi connectivity index (χ3v) is 7.42. The second-order valence-electron chi connectivity index (χ2n) is 9.58. The first kappa shape index (κ1) is 31.6. The summed E-state index contributed by atoms with van der Waals surface area (Å²) in [7, 11) is 1.46. The Labute approximate surface area is 273 Å². The van der Waals surface area contributed by atoms with Crippen LogP contribution in [0.2, 0.25) is 5.02 Å². The smallest absolute Gasteiger partial charge is 0.343 e. The number of benzene rings is 4. The Morgan fingerprint density at radius 1 is 0.911 bits per heavy atom. The fourth-order valence-corrected chi connectivity index (χ4v) is 5.56. The van der Waals surface area contributed by atoms with Crippen molar-refractivity contribution in [1.82, 2.24) is 10.4 Å². The lowest BCUT2D eigenvalue weighted by atomic mass is 10.0. The number of aromatic nitrogens is 1. The molecule has 0 aliphatic carbocycles. The maximum absolute atomic E-state index is 13.3. The standard InChI is InChI=1S/C34H29BrClN3O6/c1-4-43-26-14-12-22(16-29(26)44-5-2)34(41)45-27-13-11-20(15-28(27)42-3)19-37-39-33(40)32-30(21-9-7-6-8-10-21)24-17-23(35)18-25(36)31(24)38-32/h6-19,38H,4-5H2,1-3H3,(H,39,40). The van der Waals surface area contributed by atoms with E-state index in [0.29, 0.717) is 57.8 Å². The summed E-state index contributed by atoms with van der Waals surface area (Å²) in [5, 5.41) is 5.42. The van der Waals surface area contributed by atoms with E-state index in [4.69, 9.17) is 30.5 Å². The molecule has 0 spiro atoms. The van der Waals surface area contributed by atoms with Crippen molar-refractivity contribution in [1.29, 1.82) is 0 Å². The van der Waals surface area contributed by atoms with Crippen molar-refractivity contribution >= 4 is 56.5 Å². The Balaban J connectivity index is 1.33. The summed E-state index contributed by atoms with van der Waals surface area (Å²) in [6.07, 6.45) is 1.46. The molecule has 2 N–H and O–H groups in total. The van der Waals surface area contributed by atoms with Crippen LogP contribution in [0.1, 0.15) is 40.3 Å². The molecule has 1 heterocycles. The zero-order chi connectivity index (χ0) is 31.9. The highest BCUT2D eigenvalue weighted by molar-refractivity contribution is 9.10. The number of nitrogens with zero attached hydrogens (tertiary/aromatic N) is 1. The van der Waals surface area contributed by atoms with Crippen LogP contribution in [0.3, 0.4) is 0 Å². The van der Waals surface area contributed by atoms with Gasteiger partial charge in [-0.2, -0.15) is 5.10 Å². The topological polar surface area (TPSA) is 111 Å². The number of fused-ring (bicyclic) bond motifs is 1. The van der Waals surface area contributed by atoms with Gasteiger partial charge in [-0.3, -0.25) is 4.79 Å². The number of nitrogens with one attached hydrogen (secondary N) is 2. The van der Waals surface area contributed by atoms with Crippen LogP contribution in [0.15, 0.2) is 88.4 Å². The van der Waals surface area contributed by atoms with Gasteiger partial charge in [-0.05, 0) is 73.5 Å². The molecule has 0 radical (unpaired) electrons. The van der Waals surface area contributed by atoms with E-state index in [-0.39, 0.29) is 11.3 Å². The highest BCUT2D eigenvalue weighted by Crippen LogP contribution is 2.38. The molecule has 5 rings (SSSR count). The second-order valence-corrected chi connectivity index (χ2v) is 10.9. The molecule has 4 aromatic carbocycles. The quantitative estimate of drug-likeness (QED) is 0.0628. The first-order valence-corrected chi connectivity index (χ1v) is 15.2. The molecule has 11 heteroatoms. The number of hydrazone groups is 1. The number of H-pyrrole nitrogens is 1. The van der Waals surface area contributed by atoms with Gasteiger partial charge in [0.15, 0.2) is 23.0 Å². The summed E-state index contributed by atoms with van der Waals surface area (Å²) in [5.74, 6) is 0.468. The van der Waals surface area contributed by atoms with Crippen molar-refractivity contribution in [2.75, 3.05) is 20.3 Å². The highest BCUT2D eigenvalue weighted by Gasteiger charge is 2.21. The highest BCUT2D eigenvalue weighted by atomic mass is 79.9. The number of halogens is 2. The van der Waals surface area contributed by atoms with Gasteiger partial charge in [-0.15, -0.1) is 0 Å². The summed E-state index contributed by atoms with van der Waals surface area (Å²) in [6.45, 7) is 4.60. The molecule has 0 unspecified atom stereocenters. The van der Waals surface area contributed by atoms with Gasteiger partial charge in [0.05, 0.1) is 42.6 Å².